The van der Waals surface area contributed by atoms with E-state index in [-0.39, 0.29) is 16.5 Å². The van der Waals surface area contributed by atoms with Gasteiger partial charge in [-0.05, 0) is 131 Å². The van der Waals surface area contributed by atoms with Gasteiger partial charge in [0.25, 0.3) is 0 Å². The minimum absolute atomic E-state index is 0.172. The highest BCUT2D eigenvalue weighted by atomic mass is 79.9. The number of piperidine rings is 1. The molecule has 45 heavy (non-hydrogen) atoms. The van der Waals surface area contributed by atoms with E-state index >= 15 is 0 Å². The van der Waals surface area contributed by atoms with Gasteiger partial charge in [-0.15, -0.1) is 11.3 Å². The van der Waals surface area contributed by atoms with Gasteiger partial charge < -0.3 is 9.47 Å². The number of hydrogen-bond acceptors (Lipinski definition) is 4. The van der Waals surface area contributed by atoms with Crippen LogP contribution in [0.3, 0.4) is 0 Å². The second kappa shape index (κ2) is 11.9. The molecule has 0 radical (unpaired) electrons. The lowest BCUT2D eigenvalue weighted by atomic mass is 9.74. The first-order chi connectivity index (χ1) is 21.5. The molecule has 0 atom stereocenters. The summed E-state index contributed by atoms with van der Waals surface area (Å²) in [6, 6.07) is 24.8. The Balaban J connectivity index is 1.02. The van der Waals surface area contributed by atoms with E-state index in [2.05, 4.69) is 138 Å². The highest BCUT2D eigenvalue weighted by Crippen LogP contribution is 2.65. The number of ether oxygens (including phenoxy) is 2. The molecule has 7 rings (SSSR count). The molecule has 2 aliphatic carbocycles. The number of fused-ring (bicyclic) bond motifs is 10. The van der Waals surface area contributed by atoms with Crippen molar-refractivity contribution in [2.75, 3.05) is 20.3 Å². The summed E-state index contributed by atoms with van der Waals surface area (Å²) < 4.78 is 15.1. The normalized spacial score (nSPS) is 18.9. The maximum atomic E-state index is 6.47. The number of nitrogens with zero attached hydrogens (tertiary/aromatic N) is 1. The molecule has 1 aliphatic heterocycles. The molecule has 3 aliphatic rings. The van der Waals surface area contributed by atoms with Crippen LogP contribution in [0.2, 0.25) is 0 Å². The first-order valence-corrected chi connectivity index (χ1v) is 18.8. The molecule has 0 amide bonds. The van der Waals surface area contributed by atoms with Gasteiger partial charge in [-0.2, -0.15) is 0 Å². The molecule has 4 aromatic rings. The van der Waals surface area contributed by atoms with Gasteiger partial charge in [0.15, 0.2) is 5.06 Å². The predicted octanol–water partition coefficient (Wildman–Crippen LogP) is 11.2. The summed E-state index contributed by atoms with van der Waals surface area (Å²) in [5, 5.41) is 1.02. The van der Waals surface area contributed by atoms with Crippen molar-refractivity contribution in [3.63, 3.8) is 0 Å². The Bertz CT molecular complexity index is 1670. The molecule has 0 N–H and O–H groups in total. The zero-order valence-corrected chi connectivity index (χ0v) is 31.0. The molecule has 1 fully saturated rings. The Morgan fingerprint density at radius 2 is 1.29 bits per heavy atom. The van der Waals surface area contributed by atoms with Gasteiger partial charge in [-0.25, -0.2) is 0 Å². The molecule has 1 saturated heterocycles. The number of benzene rings is 3. The molecule has 3 nitrogen and oxygen atoms in total. The third-order valence-corrected chi connectivity index (χ3v) is 12.8. The summed E-state index contributed by atoms with van der Waals surface area (Å²) in [7, 11) is 2.25. The molecule has 1 spiro atoms. The number of thiophene rings is 1. The van der Waals surface area contributed by atoms with Crippen LogP contribution in [0.4, 0.5) is 0 Å². The Hall–Kier alpha value is -1.96. The fraction of sp³-hybridized carbons (Fsp3) is 0.436. The van der Waals surface area contributed by atoms with E-state index in [1.54, 1.807) is 0 Å². The maximum absolute atomic E-state index is 6.47. The zero-order chi connectivity index (χ0) is 31.6. The number of halogens is 2. The van der Waals surface area contributed by atoms with Crippen LogP contribution in [-0.2, 0) is 10.2 Å². The molecular weight excluding hydrogens is 706 g/mol. The second-order valence-corrected chi connectivity index (χ2v) is 17.2. The molecule has 1 aromatic heterocycles. The van der Waals surface area contributed by atoms with Gasteiger partial charge in [0.05, 0.1) is 18.1 Å². The molecular formula is C39H43Br2NO2S. The van der Waals surface area contributed by atoms with Gasteiger partial charge in [-0.3, -0.25) is 4.90 Å². The summed E-state index contributed by atoms with van der Waals surface area (Å²) in [5.41, 5.74) is 9.31. The third-order valence-electron chi connectivity index (χ3n) is 10.6. The summed E-state index contributed by atoms with van der Waals surface area (Å²) in [6.45, 7) is 11.0. The topological polar surface area (TPSA) is 21.7 Å². The van der Waals surface area contributed by atoms with Crippen LogP contribution < -0.4 is 4.74 Å². The minimum Gasteiger partial charge on any atom is -0.484 e. The quantitative estimate of drug-likeness (QED) is 0.137. The van der Waals surface area contributed by atoms with Crippen LogP contribution in [0.1, 0.15) is 87.8 Å². The fourth-order valence-electron chi connectivity index (χ4n) is 8.27. The first kappa shape index (κ1) is 31.6. The minimum atomic E-state index is -0.339. The van der Waals surface area contributed by atoms with Crippen LogP contribution in [0.25, 0.3) is 22.3 Å². The van der Waals surface area contributed by atoms with Gasteiger partial charge in [0.2, 0.25) is 0 Å². The Morgan fingerprint density at radius 1 is 0.711 bits per heavy atom. The third kappa shape index (κ3) is 5.37. The van der Waals surface area contributed by atoms with Crippen molar-refractivity contribution in [2.45, 2.75) is 88.8 Å². The van der Waals surface area contributed by atoms with Crippen LogP contribution in [-0.4, -0.2) is 42.3 Å². The first-order valence-electron chi connectivity index (χ1n) is 16.4. The van der Waals surface area contributed by atoms with Crippen LogP contribution in [0, 0.1) is 0 Å². The van der Waals surface area contributed by atoms with Crippen molar-refractivity contribution in [1.82, 2.24) is 4.90 Å². The van der Waals surface area contributed by atoms with E-state index in [0.29, 0.717) is 6.10 Å². The number of hydrogen-bond donors (Lipinski definition) is 0. The molecule has 236 valence electrons. The van der Waals surface area contributed by atoms with Crippen molar-refractivity contribution < 1.29 is 9.47 Å². The summed E-state index contributed by atoms with van der Waals surface area (Å²) in [4.78, 5) is 3.89. The van der Waals surface area contributed by atoms with E-state index in [0.717, 1.165) is 59.3 Å². The summed E-state index contributed by atoms with van der Waals surface area (Å²) in [6.07, 6.45) is 7.07. The Labute approximate surface area is 289 Å². The van der Waals surface area contributed by atoms with Crippen molar-refractivity contribution in [1.29, 1.82) is 0 Å². The predicted molar refractivity (Wildman–Crippen MR) is 195 cm³/mol. The molecule has 6 heteroatoms. The molecule has 3 aromatic carbocycles. The highest BCUT2D eigenvalue weighted by molar-refractivity contribution is 9.10. The van der Waals surface area contributed by atoms with Crippen molar-refractivity contribution in [2.24, 2.45) is 0 Å². The number of unbranched alkanes of at least 4 members (excludes halogenated alkanes) is 3. The fourth-order valence-corrected chi connectivity index (χ4v) is 10.3. The average molecular weight is 750 g/mol. The SMILES string of the molecule is CN1C(C)(C)CC(OCCCCCCOc2cc3c(s2)C2(c4cc(Br)ccc4-c4ccc(Br)cc42)c2ccccc2-3)CC1(C)C. The number of rotatable bonds is 9. The van der Waals surface area contributed by atoms with E-state index in [4.69, 9.17) is 9.47 Å². The lowest BCUT2D eigenvalue weighted by Gasteiger charge is -2.53. The van der Waals surface area contributed by atoms with Gasteiger partial charge in [0, 0.05) is 37.1 Å². The van der Waals surface area contributed by atoms with Crippen molar-refractivity contribution in [3.05, 3.63) is 97.2 Å². The van der Waals surface area contributed by atoms with E-state index in [1.807, 2.05) is 11.3 Å². The van der Waals surface area contributed by atoms with Crippen LogP contribution >= 0.6 is 43.2 Å². The van der Waals surface area contributed by atoms with Crippen molar-refractivity contribution >= 4 is 43.2 Å². The van der Waals surface area contributed by atoms with E-state index < -0.39 is 0 Å². The van der Waals surface area contributed by atoms with Crippen LogP contribution in [0.15, 0.2) is 75.7 Å². The monoisotopic (exact) mass is 747 g/mol. The molecule has 2 heterocycles. The smallest absolute Gasteiger partial charge is 0.174 e. The largest absolute Gasteiger partial charge is 0.484 e. The average Bonchev–Trinajstić information content (AvgIpc) is 3.62. The van der Waals surface area contributed by atoms with Crippen LogP contribution in [0.5, 0.6) is 5.06 Å². The Kier molecular flexibility index (Phi) is 8.39. The summed E-state index contributed by atoms with van der Waals surface area (Å²) in [5.74, 6) is 0. The second-order valence-electron chi connectivity index (χ2n) is 14.3. The molecule has 0 bridgehead atoms. The van der Waals surface area contributed by atoms with Gasteiger partial charge in [-0.1, -0.05) is 74.7 Å². The lowest BCUT2D eigenvalue weighted by molar-refractivity contribution is -0.0918. The zero-order valence-electron chi connectivity index (χ0n) is 27.0. The summed E-state index contributed by atoms with van der Waals surface area (Å²) >= 11 is 9.42. The van der Waals surface area contributed by atoms with E-state index in [1.165, 1.54) is 50.2 Å². The van der Waals surface area contributed by atoms with E-state index in [9.17, 15) is 0 Å². The molecule has 0 saturated carbocycles. The Morgan fingerprint density at radius 3 is 1.93 bits per heavy atom. The lowest BCUT2D eigenvalue weighted by Crippen LogP contribution is -2.60. The standard InChI is InChI=1S/C39H43Br2NO2S/c1-37(2)23-27(24-38(3,4)42(37)5)43-18-10-6-7-11-19-44-35-22-31-28-12-8-9-13-32(28)39(36(31)45-35)33-20-25(40)14-16-29(33)30-17-15-26(41)21-34(30)39/h8-9,12-17,20-22,27H,6-7,10-11,18-19,23-24H2,1-5H3. The van der Waals surface area contributed by atoms with Gasteiger partial charge >= 0.3 is 0 Å². The highest BCUT2D eigenvalue weighted by Gasteiger charge is 2.53. The maximum Gasteiger partial charge on any atom is 0.174 e. The molecule has 0 unspecified atom stereocenters. The number of likely N-dealkylation sites (tertiary alicyclic amines) is 1. The van der Waals surface area contributed by atoms with Crippen molar-refractivity contribution in [3.8, 4) is 27.3 Å². The van der Waals surface area contributed by atoms with Gasteiger partial charge in [0.1, 0.15) is 0 Å².